The SMILES string of the molecule is CCOCCCNC(=O)C1CCC(=O)N(C)C1c1ccc(C)cc1. The molecule has 5 nitrogen and oxygen atoms in total. The zero-order chi connectivity index (χ0) is 17.5. The predicted octanol–water partition coefficient (Wildman–Crippen LogP) is 2.45. The Morgan fingerprint density at radius 2 is 2.04 bits per heavy atom. The molecule has 24 heavy (non-hydrogen) atoms. The Kier molecular flexibility index (Phi) is 6.79. The van der Waals surface area contributed by atoms with Gasteiger partial charge in [-0.2, -0.15) is 0 Å². The van der Waals surface area contributed by atoms with Crippen LogP contribution in [-0.4, -0.2) is 43.5 Å². The number of carbonyl (C=O) groups excluding carboxylic acids is 2. The number of likely N-dealkylation sites (tertiary alicyclic amines) is 1. The van der Waals surface area contributed by atoms with Crippen LogP contribution in [-0.2, 0) is 14.3 Å². The first-order valence-electron chi connectivity index (χ1n) is 8.72. The van der Waals surface area contributed by atoms with Gasteiger partial charge in [-0.05, 0) is 32.3 Å². The molecule has 132 valence electrons. The van der Waals surface area contributed by atoms with Crippen LogP contribution in [0.1, 0.15) is 43.4 Å². The molecule has 0 spiro atoms. The van der Waals surface area contributed by atoms with Crippen molar-refractivity contribution in [2.24, 2.45) is 5.92 Å². The second-order valence-electron chi connectivity index (χ2n) is 6.35. The van der Waals surface area contributed by atoms with Crippen molar-refractivity contribution < 1.29 is 14.3 Å². The second-order valence-corrected chi connectivity index (χ2v) is 6.35. The molecule has 0 bridgehead atoms. The normalized spacial score (nSPS) is 21.0. The molecule has 0 saturated carbocycles. The monoisotopic (exact) mass is 332 g/mol. The lowest BCUT2D eigenvalue weighted by molar-refractivity contribution is -0.141. The zero-order valence-corrected chi connectivity index (χ0v) is 14.9. The molecule has 0 radical (unpaired) electrons. The van der Waals surface area contributed by atoms with Crippen molar-refractivity contribution in [2.75, 3.05) is 26.8 Å². The highest BCUT2D eigenvalue weighted by Crippen LogP contribution is 2.35. The van der Waals surface area contributed by atoms with Crippen molar-refractivity contribution in [2.45, 2.75) is 39.2 Å². The standard InChI is InChI=1S/C19H28N2O3/c1-4-24-13-5-12-20-19(23)16-10-11-17(22)21(3)18(16)15-8-6-14(2)7-9-15/h6-9,16,18H,4-5,10-13H2,1-3H3,(H,20,23). The number of benzene rings is 1. The van der Waals surface area contributed by atoms with Crippen LogP contribution in [0.2, 0.25) is 0 Å². The summed E-state index contributed by atoms with van der Waals surface area (Å²) >= 11 is 0. The van der Waals surface area contributed by atoms with E-state index in [9.17, 15) is 9.59 Å². The summed E-state index contributed by atoms with van der Waals surface area (Å²) in [6.07, 6.45) is 1.82. The summed E-state index contributed by atoms with van der Waals surface area (Å²) in [6.45, 7) is 5.94. The maximum Gasteiger partial charge on any atom is 0.225 e. The third kappa shape index (κ3) is 4.57. The van der Waals surface area contributed by atoms with Crippen LogP contribution in [0, 0.1) is 12.8 Å². The van der Waals surface area contributed by atoms with Crippen LogP contribution in [0.4, 0.5) is 0 Å². The molecule has 1 heterocycles. The van der Waals surface area contributed by atoms with E-state index in [1.54, 1.807) is 11.9 Å². The number of rotatable bonds is 7. The van der Waals surface area contributed by atoms with Crippen molar-refractivity contribution in [1.82, 2.24) is 10.2 Å². The molecule has 0 aromatic heterocycles. The van der Waals surface area contributed by atoms with Crippen LogP contribution < -0.4 is 5.32 Å². The molecule has 1 N–H and O–H groups in total. The predicted molar refractivity (Wildman–Crippen MR) is 93.5 cm³/mol. The molecular formula is C19H28N2O3. The van der Waals surface area contributed by atoms with Crippen LogP contribution in [0.25, 0.3) is 0 Å². The zero-order valence-electron chi connectivity index (χ0n) is 14.9. The van der Waals surface area contributed by atoms with Gasteiger partial charge in [0.05, 0.1) is 12.0 Å². The lowest BCUT2D eigenvalue weighted by Gasteiger charge is -2.38. The molecule has 0 aliphatic carbocycles. The van der Waals surface area contributed by atoms with E-state index in [1.165, 1.54) is 5.56 Å². The smallest absolute Gasteiger partial charge is 0.225 e. The van der Waals surface area contributed by atoms with Gasteiger partial charge in [0.15, 0.2) is 0 Å². The van der Waals surface area contributed by atoms with Gasteiger partial charge >= 0.3 is 0 Å². The fourth-order valence-corrected chi connectivity index (χ4v) is 3.19. The first-order chi connectivity index (χ1) is 11.5. The van der Waals surface area contributed by atoms with E-state index >= 15 is 0 Å². The Morgan fingerprint density at radius 1 is 1.33 bits per heavy atom. The number of aryl methyl sites for hydroxylation is 1. The summed E-state index contributed by atoms with van der Waals surface area (Å²) in [5.41, 5.74) is 2.19. The molecule has 2 atom stereocenters. The average Bonchev–Trinajstić information content (AvgIpc) is 2.58. The number of amides is 2. The summed E-state index contributed by atoms with van der Waals surface area (Å²) in [4.78, 5) is 26.5. The molecule has 5 heteroatoms. The summed E-state index contributed by atoms with van der Waals surface area (Å²) in [7, 11) is 1.79. The van der Waals surface area contributed by atoms with Crippen LogP contribution in [0.15, 0.2) is 24.3 Å². The number of hydrogen-bond acceptors (Lipinski definition) is 3. The fraction of sp³-hybridized carbons (Fsp3) is 0.579. The lowest BCUT2D eigenvalue weighted by Crippen LogP contribution is -2.46. The summed E-state index contributed by atoms with van der Waals surface area (Å²) in [5, 5.41) is 3.00. The number of nitrogens with one attached hydrogen (secondary N) is 1. The van der Waals surface area contributed by atoms with Gasteiger partial charge in [0.25, 0.3) is 0 Å². The first-order valence-corrected chi connectivity index (χ1v) is 8.72. The lowest BCUT2D eigenvalue weighted by atomic mass is 9.83. The van der Waals surface area contributed by atoms with Crippen LogP contribution >= 0.6 is 0 Å². The first kappa shape index (κ1) is 18.5. The van der Waals surface area contributed by atoms with Crippen molar-refractivity contribution in [3.63, 3.8) is 0 Å². The number of piperidine rings is 1. The van der Waals surface area contributed by atoms with E-state index < -0.39 is 0 Å². The molecule has 2 amide bonds. The summed E-state index contributed by atoms with van der Waals surface area (Å²) in [5.74, 6) is -0.0834. The fourth-order valence-electron chi connectivity index (χ4n) is 3.19. The number of ether oxygens (including phenoxy) is 1. The maximum atomic E-state index is 12.6. The molecule has 2 rings (SSSR count). The third-order valence-corrected chi connectivity index (χ3v) is 4.59. The minimum absolute atomic E-state index is 0.0245. The highest BCUT2D eigenvalue weighted by atomic mass is 16.5. The number of hydrogen-bond donors (Lipinski definition) is 1. The van der Waals surface area contributed by atoms with E-state index in [1.807, 2.05) is 38.1 Å². The third-order valence-electron chi connectivity index (χ3n) is 4.59. The maximum absolute atomic E-state index is 12.6. The van der Waals surface area contributed by atoms with Crippen molar-refractivity contribution in [3.8, 4) is 0 Å². The van der Waals surface area contributed by atoms with E-state index in [2.05, 4.69) is 5.32 Å². The Hall–Kier alpha value is -1.88. The van der Waals surface area contributed by atoms with Gasteiger partial charge in [0, 0.05) is 33.2 Å². The largest absolute Gasteiger partial charge is 0.382 e. The molecule has 1 aromatic rings. The Bertz CT molecular complexity index is 556. The molecule has 1 aliphatic rings. The molecule has 1 saturated heterocycles. The van der Waals surface area contributed by atoms with Gasteiger partial charge in [0.1, 0.15) is 0 Å². The highest BCUT2D eigenvalue weighted by Gasteiger charge is 2.38. The summed E-state index contributed by atoms with van der Waals surface area (Å²) in [6, 6.07) is 7.90. The van der Waals surface area contributed by atoms with Crippen LogP contribution in [0.5, 0.6) is 0 Å². The van der Waals surface area contributed by atoms with E-state index in [0.29, 0.717) is 32.6 Å². The van der Waals surface area contributed by atoms with E-state index in [0.717, 1.165) is 12.0 Å². The highest BCUT2D eigenvalue weighted by molar-refractivity contribution is 5.84. The van der Waals surface area contributed by atoms with Gasteiger partial charge in [-0.15, -0.1) is 0 Å². The Labute approximate surface area is 144 Å². The minimum Gasteiger partial charge on any atom is -0.382 e. The molecule has 1 aliphatic heterocycles. The van der Waals surface area contributed by atoms with Crippen LogP contribution in [0.3, 0.4) is 0 Å². The quantitative estimate of drug-likeness (QED) is 0.780. The second kappa shape index (κ2) is 8.83. The molecular weight excluding hydrogens is 304 g/mol. The van der Waals surface area contributed by atoms with E-state index in [4.69, 9.17) is 4.74 Å². The number of nitrogens with zero attached hydrogens (tertiary/aromatic N) is 1. The van der Waals surface area contributed by atoms with Crippen molar-refractivity contribution >= 4 is 11.8 Å². The topological polar surface area (TPSA) is 58.6 Å². The minimum atomic E-state index is -0.206. The van der Waals surface area contributed by atoms with Gasteiger partial charge in [-0.25, -0.2) is 0 Å². The Balaban J connectivity index is 2.06. The number of carbonyl (C=O) groups is 2. The van der Waals surface area contributed by atoms with E-state index in [-0.39, 0.29) is 23.8 Å². The van der Waals surface area contributed by atoms with Gasteiger partial charge < -0.3 is 15.0 Å². The molecule has 1 aromatic carbocycles. The van der Waals surface area contributed by atoms with Gasteiger partial charge in [0.2, 0.25) is 11.8 Å². The Morgan fingerprint density at radius 3 is 2.71 bits per heavy atom. The summed E-state index contributed by atoms with van der Waals surface area (Å²) < 4.78 is 5.29. The van der Waals surface area contributed by atoms with Crippen molar-refractivity contribution in [3.05, 3.63) is 35.4 Å². The molecule has 2 unspecified atom stereocenters. The average molecular weight is 332 g/mol. The molecule has 1 fully saturated rings. The van der Waals surface area contributed by atoms with Gasteiger partial charge in [-0.3, -0.25) is 9.59 Å². The van der Waals surface area contributed by atoms with Crippen molar-refractivity contribution in [1.29, 1.82) is 0 Å². The van der Waals surface area contributed by atoms with Gasteiger partial charge in [-0.1, -0.05) is 29.8 Å².